The third-order valence-electron chi connectivity index (χ3n) is 2.66. The van der Waals surface area contributed by atoms with Crippen molar-refractivity contribution < 1.29 is 13.0 Å². The topological polar surface area (TPSA) is 80.4 Å². The molecule has 0 aliphatic rings. The Bertz CT molecular complexity index is 252. The normalized spacial score (nSPS) is 13.9. The Kier molecular flexibility index (Phi) is 8.89. The lowest BCUT2D eigenvalue weighted by molar-refractivity contribution is 0.472. The van der Waals surface area contributed by atoms with Crippen LogP contribution in [0.3, 0.4) is 0 Å². The number of rotatable bonds is 10. The van der Waals surface area contributed by atoms with Gasteiger partial charge in [-0.25, -0.2) is 0 Å². The summed E-state index contributed by atoms with van der Waals surface area (Å²) in [6.45, 7) is 2.18. The molecule has 98 valence electrons. The third-order valence-corrected chi connectivity index (χ3v) is 3.46. The van der Waals surface area contributed by atoms with Gasteiger partial charge in [0.05, 0.1) is 5.75 Å². The van der Waals surface area contributed by atoms with Gasteiger partial charge in [-0.05, 0) is 19.3 Å². The molecule has 0 aromatic heterocycles. The highest BCUT2D eigenvalue weighted by atomic mass is 32.2. The molecule has 0 aromatic rings. The fourth-order valence-electron chi connectivity index (χ4n) is 1.68. The molecule has 0 rings (SSSR count). The fourth-order valence-corrected chi connectivity index (χ4v) is 2.21. The summed E-state index contributed by atoms with van der Waals surface area (Å²) in [4.78, 5) is 0. The predicted molar refractivity (Wildman–Crippen MR) is 67.0 cm³/mol. The molecular weight excluding hydrogens is 226 g/mol. The van der Waals surface area contributed by atoms with Crippen molar-refractivity contribution >= 4 is 10.1 Å². The van der Waals surface area contributed by atoms with E-state index in [9.17, 15) is 8.42 Å². The minimum absolute atomic E-state index is 0.0726. The lowest BCUT2D eigenvalue weighted by Gasteiger charge is -2.10. The van der Waals surface area contributed by atoms with E-state index in [-0.39, 0.29) is 11.8 Å². The molecule has 0 heterocycles. The summed E-state index contributed by atoms with van der Waals surface area (Å²) in [6.07, 6.45) is 8.18. The van der Waals surface area contributed by atoms with E-state index in [4.69, 9.17) is 10.3 Å². The van der Waals surface area contributed by atoms with E-state index in [0.717, 1.165) is 12.8 Å². The number of hydrogen-bond acceptors (Lipinski definition) is 3. The second-order valence-corrected chi connectivity index (χ2v) is 5.96. The van der Waals surface area contributed by atoms with E-state index in [1.54, 1.807) is 0 Å². The first-order valence-corrected chi connectivity index (χ1v) is 7.77. The average Bonchev–Trinajstić information content (AvgIpc) is 2.15. The molecule has 3 N–H and O–H groups in total. The summed E-state index contributed by atoms with van der Waals surface area (Å²) in [5.74, 6) is -0.170. The summed E-state index contributed by atoms with van der Waals surface area (Å²) >= 11 is 0. The maximum absolute atomic E-state index is 10.5. The summed E-state index contributed by atoms with van der Waals surface area (Å²) in [7, 11) is -3.81. The van der Waals surface area contributed by atoms with Gasteiger partial charge >= 0.3 is 0 Å². The zero-order chi connectivity index (χ0) is 12.4. The minimum Gasteiger partial charge on any atom is -0.328 e. The predicted octanol–water partition coefficient (Wildman–Crippen LogP) is 2.34. The highest BCUT2D eigenvalue weighted by molar-refractivity contribution is 7.85. The molecule has 0 radical (unpaired) electrons. The van der Waals surface area contributed by atoms with Gasteiger partial charge in [-0.1, -0.05) is 39.0 Å². The van der Waals surface area contributed by atoms with Crippen molar-refractivity contribution in [2.75, 3.05) is 5.75 Å². The van der Waals surface area contributed by atoms with Crippen molar-refractivity contribution in [3.8, 4) is 0 Å². The van der Waals surface area contributed by atoms with Crippen LogP contribution in [0.5, 0.6) is 0 Å². The molecule has 4 nitrogen and oxygen atoms in total. The Morgan fingerprint density at radius 2 is 1.62 bits per heavy atom. The van der Waals surface area contributed by atoms with Crippen LogP contribution < -0.4 is 5.73 Å². The lowest BCUT2D eigenvalue weighted by Crippen LogP contribution is -2.20. The van der Waals surface area contributed by atoms with Crippen molar-refractivity contribution in [2.45, 2.75) is 64.3 Å². The molecule has 0 bridgehead atoms. The zero-order valence-corrected chi connectivity index (χ0v) is 11.0. The molecule has 0 aliphatic heterocycles. The van der Waals surface area contributed by atoms with Gasteiger partial charge in [0.15, 0.2) is 0 Å². The Morgan fingerprint density at radius 1 is 1.06 bits per heavy atom. The van der Waals surface area contributed by atoms with Crippen molar-refractivity contribution in [1.82, 2.24) is 0 Å². The Morgan fingerprint density at radius 3 is 2.19 bits per heavy atom. The maximum Gasteiger partial charge on any atom is 0.264 e. The van der Waals surface area contributed by atoms with Crippen LogP contribution in [0.15, 0.2) is 0 Å². The molecule has 16 heavy (non-hydrogen) atoms. The van der Waals surface area contributed by atoms with E-state index in [0.29, 0.717) is 12.8 Å². The molecule has 5 heteroatoms. The molecule has 0 amide bonds. The van der Waals surface area contributed by atoms with Gasteiger partial charge in [-0.2, -0.15) is 8.42 Å². The molecule has 0 spiro atoms. The fraction of sp³-hybridized carbons (Fsp3) is 1.00. The lowest BCUT2D eigenvalue weighted by atomic mass is 10.0. The zero-order valence-electron chi connectivity index (χ0n) is 10.2. The van der Waals surface area contributed by atoms with Gasteiger partial charge in [0, 0.05) is 6.04 Å². The van der Waals surface area contributed by atoms with Crippen molar-refractivity contribution in [3.05, 3.63) is 0 Å². The first kappa shape index (κ1) is 15.9. The smallest absolute Gasteiger partial charge is 0.264 e. The summed E-state index contributed by atoms with van der Waals surface area (Å²) in [5.41, 5.74) is 5.84. The van der Waals surface area contributed by atoms with Crippen LogP contribution in [0.2, 0.25) is 0 Å². The second kappa shape index (κ2) is 8.96. The molecule has 0 fully saturated rings. The third kappa shape index (κ3) is 11.9. The van der Waals surface area contributed by atoms with E-state index >= 15 is 0 Å². The molecule has 0 saturated heterocycles. The van der Waals surface area contributed by atoms with Crippen LogP contribution in [-0.2, 0) is 10.1 Å². The van der Waals surface area contributed by atoms with Gasteiger partial charge < -0.3 is 5.73 Å². The van der Waals surface area contributed by atoms with Crippen molar-refractivity contribution in [2.24, 2.45) is 5.73 Å². The molecule has 0 saturated carbocycles. The first-order valence-electron chi connectivity index (χ1n) is 6.16. The molecule has 1 atom stereocenters. The van der Waals surface area contributed by atoms with Crippen molar-refractivity contribution in [3.63, 3.8) is 0 Å². The summed E-state index contributed by atoms with van der Waals surface area (Å²) in [6, 6.07) is 0.0726. The maximum atomic E-state index is 10.5. The summed E-state index contributed by atoms with van der Waals surface area (Å²) < 4.78 is 29.5. The van der Waals surface area contributed by atoms with Crippen LogP contribution in [0.4, 0.5) is 0 Å². The Balaban J connectivity index is 3.34. The van der Waals surface area contributed by atoms with Crippen LogP contribution in [0, 0.1) is 0 Å². The van der Waals surface area contributed by atoms with Gasteiger partial charge in [-0.3, -0.25) is 4.55 Å². The van der Waals surface area contributed by atoms with E-state index in [2.05, 4.69) is 6.92 Å². The van der Waals surface area contributed by atoms with E-state index in [1.807, 2.05) is 0 Å². The van der Waals surface area contributed by atoms with Crippen LogP contribution in [0.1, 0.15) is 58.3 Å². The van der Waals surface area contributed by atoms with Crippen LogP contribution in [0.25, 0.3) is 0 Å². The molecule has 1 unspecified atom stereocenters. The van der Waals surface area contributed by atoms with E-state index < -0.39 is 10.1 Å². The molecule has 0 aliphatic carbocycles. The van der Waals surface area contributed by atoms with Gasteiger partial charge in [0.2, 0.25) is 0 Å². The summed E-state index contributed by atoms with van der Waals surface area (Å²) in [5, 5.41) is 0. The quantitative estimate of drug-likeness (QED) is 0.461. The Labute approximate surface area is 99.4 Å². The molecule has 0 aromatic carbocycles. The second-order valence-electron chi connectivity index (χ2n) is 4.39. The van der Waals surface area contributed by atoms with E-state index in [1.165, 1.54) is 25.7 Å². The standard InChI is InChI=1S/C11H25NO3S/c1-2-3-4-5-6-8-11(12)9-7-10-16(13,14)15/h11H,2-10,12H2,1H3,(H,13,14,15). The monoisotopic (exact) mass is 251 g/mol. The minimum atomic E-state index is -3.81. The number of hydrogen-bond donors (Lipinski definition) is 2. The van der Waals surface area contributed by atoms with Gasteiger partial charge in [-0.15, -0.1) is 0 Å². The van der Waals surface area contributed by atoms with Gasteiger partial charge in [0.1, 0.15) is 0 Å². The van der Waals surface area contributed by atoms with Crippen LogP contribution in [-0.4, -0.2) is 24.8 Å². The number of unbranched alkanes of at least 4 members (excludes halogenated alkanes) is 4. The first-order chi connectivity index (χ1) is 7.45. The van der Waals surface area contributed by atoms with Crippen molar-refractivity contribution in [1.29, 1.82) is 0 Å². The largest absolute Gasteiger partial charge is 0.328 e. The average molecular weight is 251 g/mol. The Hall–Kier alpha value is -0.130. The van der Waals surface area contributed by atoms with Gasteiger partial charge in [0.25, 0.3) is 10.1 Å². The highest BCUT2D eigenvalue weighted by Crippen LogP contribution is 2.09. The SMILES string of the molecule is CCCCCCCC(N)CCCS(=O)(=O)O. The highest BCUT2D eigenvalue weighted by Gasteiger charge is 2.07. The molecular formula is C11H25NO3S. The van der Waals surface area contributed by atoms with Crippen LogP contribution >= 0.6 is 0 Å². The number of nitrogens with two attached hydrogens (primary N) is 1.